The molecule has 0 atom stereocenters. The molecule has 2 amide bonds. The monoisotopic (exact) mass is 373 g/mol. The molecule has 0 aromatic carbocycles. The maximum Gasteiger partial charge on any atom is 0.354 e. The van der Waals surface area contributed by atoms with Crippen LogP contribution in [0.15, 0.2) is 30.5 Å². The van der Waals surface area contributed by atoms with Crippen LogP contribution in [0.3, 0.4) is 0 Å². The number of carbonyl (C=O) groups excluding carboxylic acids is 2. The molecule has 26 heavy (non-hydrogen) atoms. The van der Waals surface area contributed by atoms with Crippen molar-refractivity contribution < 1.29 is 19.5 Å². The number of aromatic carboxylic acids is 1. The van der Waals surface area contributed by atoms with Crippen molar-refractivity contribution >= 4 is 29.1 Å². The molecule has 0 bridgehead atoms. The molecular formula is C18H19N3O4S. The molecule has 0 saturated carbocycles. The number of carbonyl (C=O) groups is 3. The van der Waals surface area contributed by atoms with Crippen LogP contribution in [-0.2, 0) is 0 Å². The van der Waals surface area contributed by atoms with Crippen LogP contribution in [-0.4, -0.2) is 51.9 Å². The molecule has 7 nitrogen and oxygen atoms in total. The number of amides is 2. The minimum absolute atomic E-state index is 0.0287. The summed E-state index contributed by atoms with van der Waals surface area (Å²) < 4.78 is 0. The summed E-state index contributed by atoms with van der Waals surface area (Å²) in [6.45, 7) is 2.98. The molecule has 2 N–H and O–H groups in total. The third kappa shape index (κ3) is 4.08. The summed E-state index contributed by atoms with van der Waals surface area (Å²) >= 11 is 1.46. The molecule has 0 radical (unpaired) electrons. The van der Waals surface area contributed by atoms with E-state index in [1.807, 2.05) is 19.1 Å². The Morgan fingerprint density at radius 1 is 1.23 bits per heavy atom. The maximum absolute atomic E-state index is 12.5. The van der Waals surface area contributed by atoms with Crippen molar-refractivity contribution in [1.29, 1.82) is 0 Å². The van der Waals surface area contributed by atoms with Crippen molar-refractivity contribution in [3.63, 3.8) is 0 Å². The summed E-state index contributed by atoms with van der Waals surface area (Å²) in [6.07, 6.45) is 2.66. The van der Waals surface area contributed by atoms with E-state index in [2.05, 4.69) is 10.3 Å². The fraction of sp³-hybridized carbons (Fsp3) is 0.333. The molecule has 3 rings (SSSR count). The topological polar surface area (TPSA) is 99.6 Å². The smallest absolute Gasteiger partial charge is 0.354 e. The molecule has 2 aromatic rings. The standard InChI is InChI=1S/C18H19N3O4S/c1-11-2-3-15(26-11)16(22)20-13-5-8-21(9-6-13)17(23)12-4-7-19-14(10-12)18(24)25/h2-4,7,10,13H,5-6,8-9H2,1H3,(H,20,22)(H,24,25). The van der Waals surface area contributed by atoms with Crippen molar-refractivity contribution in [2.75, 3.05) is 13.1 Å². The molecule has 1 aliphatic rings. The van der Waals surface area contributed by atoms with Gasteiger partial charge in [-0.2, -0.15) is 0 Å². The minimum Gasteiger partial charge on any atom is -0.477 e. The first-order valence-electron chi connectivity index (χ1n) is 8.30. The van der Waals surface area contributed by atoms with Gasteiger partial charge >= 0.3 is 5.97 Å². The molecule has 1 aliphatic heterocycles. The fourth-order valence-corrected chi connectivity index (χ4v) is 3.67. The molecule has 0 unspecified atom stereocenters. The number of likely N-dealkylation sites (tertiary alicyclic amines) is 1. The number of carboxylic acids is 1. The number of carboxylic acid groups (broad SMARTS) is 1. The van der Waals surface area contributed by atoms with Crippen LogP contribution in [0.2, 0.25) is 0 Å². The molecule has 1 saturated heterocycles. The van der Waals surface area contributed by atoms with Gasteiger partial charge in [0.15, 0.2) is 0 Å². The van der Waals surface area contributed by atoms with E-state index < -0.39 is 5.97 Å². The molecule has 3 heterocycles. The zero-order chi connectivity index (χ0) is 18.7. The average molecular weight is 373 g/mol. The first kappa shape index (κ1) is 18.1. The van der Waals surface area contributed by atoms with Crippen molar-refractivity contribution in [2.45, 2.75) is 25.8 Å². The van der Waals surface area contributed by atoms with Gasteiger partial charge in [0.1, 0.15) is 5.69 Å². The number of nitrogens with one attached hydrogen (secondary N) is 1. The Hall–Kier alpha value is -2.74. The van der Waals surface area contributed by atoms with Crippen LogP contribution in [0, 0.1) is 6.92 Å². The molecule has 136 valence electrons. The molecule has 0 spiro atoms. The number of hydrogen-bond donors (Lipinski definition) is 2. The highest BCUT2D eigenvalue weighted by molar-refractivity contribution is 7.13. The Balaban J connectivity index is 1.56. The second kappa shape index (κ2) is 7.65. The third-order valence-electron chi connectivity index (χ3n) is 4.31. The van der Waals surface area contributed by atoms with E-state index in [1.54, 1.807) is 4.90 Å². The van der Waals surface area contributed by atoms with Crippen molar-refractivity contribution in [1.82, 2.24) is 15.2 Å². The van der Waals surface area contributed by atoms with Gasteiger partial charge in [0, 0.05) is 35.8 Å². The van der Waals surface area contributed by atoms with E-state index in [0.717, 1.165) is 4.88 Å². The van der Waals surface area contributed by atoms with E-state index in [9.17, 15) is 14.4 Å². The quantitative estimate of drug-likeness (QED) is 0.856. The molecule has 8 heteroatoms. The lowest BCUT2D eigenvalue weighted by molar-refractivity contribution is 0.0690. The lowest BCUT2D eigenvalue weighted by Gasteiger charge is -2.32. The van der Waals surface area contributed by atoms with Gasteiger partial charge in [-0.3, -0.25) is 9.59 Å². The minimum atomic E-state index is -1.16. The first-order valence-corrected chi connectivity index (χ1v) is 9.11. The molecule has 1 fully saturated rings. The zero-order valence-electron chi connectivity index (χ0n) is 14.3. The van der Waals surface area contributed by atoms with Crippen molar-refractivity contribution in [3.05, 3.63) is 51.5 Å². The Labute approximate surface area is 154 Å². The average Bonchev–Trinajstić information content (AvgIpc) is 3.08. The van der Waals surface area contributed by atoms with Crippen molar-refractivity contribution in [2.24, 2.45) is 0 Å². The summed E-state index contributed by atoms with van der Waals surface area (Å²) in [5.41, 5.74) is 0.165. The number of pyridine rings is 1. The Bertz CT molecular complexity index is 840. The summed E-state index contributed by atoms with van der Waals surface area (Å²) in [6, 6.07) is 6.57. The summed E-state index contributed by atoms with van der Waals surface area (Å²) in [5.74, 6) is -1.45. The van der Waals surface area contributed by atoms with Crippen LogP contribution in [0.5, 0.6) is 0 Å². The van der Waals surface area contributed by atoms with Gasteiger partial charge in [-0.1, -0.05) is 0 Å². The highest BCUT2D eigenvalue weighted by atomic mass is 32.1. The van der Waals surface area contributed by atoms with Crippen LogP contribution >= 0.6 is 11.3 Å². The summed E-state index contributed by atoms with van der Waals surface area (Å²) in [5, 5.41) is 12.0. The van der Waals surface area contributed by atoms with E-state index in [0.29, 0.717) is 36.4 Å². The largest absolute Gasteiger partial charge is 0.477 e. The summed E-state index contributed by atoms with van der Waals surface area (Å²) in [7, 11) is 0. The fourth-order valence-electron chi connectivity index (χ4n) is 2.90. The van der Waals surface area contributed by atoms with Crippen molar-refractivity contribution in [3.8, 4) is 0 Å². The number of hydrogen-bond acceptors (Lipinski definition) is 5. The van der Waals surface area contributed by atoms with E-state index in [4.69, 9.17) is 5.11 Å². The van der Waals surface area contributed by atoms with E-state index in [1.165, 1.54) is 29.7 Å². The van der Waals surface area contributed by atoms with Gasteiger partial charge < -0.3 is 15.3 Å². The van der Waals surface area contributed by atoms with Crippen LogP contribution in [0.4, 0.5) is 0 Å². The number of nitrogens with zero attached hydrogens (tertiary/aromatic N) is 2. The van der Waals surface area contributed by atoms with Gasteiger partial charge in [-0.15, -0.1) is 11.3 Å². The number of piperidine rings is 1. The Kier molecular flexibility index (Phi) is 5.32. The second-order valence-electron chi connectivity index (χ2n) is 6.19. The lowest BCUT2D eigenvalue weighted by Crippen LogP contribution is -2.46. The SMILES string of the molecule is Cc1ccc(C(=O)NC2CCN(C(=O)c3ccnc(C(=O)O)c3)CC2)s1. The number of thiophene rings is 1. The summed E-state index contributed by atoms with van der Waals surface area (Å²) in [4.78, 5) is 42.9. The first-order chi connectivity index (χ1) is 12.4. The third-order valence-corrected chi connectivity index (χ3v) is 5.31. The Morgan fingerprint density at radius 3 is 2.58 bits per heavy atom. The predicted molar refractivity (Wildman–Crippen MR) is 96.6 cm³/mol. The number of rotatable bonds is 4. The second-order valence-corrected chi connectivity index (χ2v) is 7.47. The molecule has 0 aliphatic carbocycles. The van der Waals surface area contributed by atoms with E-state index in [-0.39, 0.29) is 23.6 Å². The molecule has 2 aromatic heterocycles. The van der Waals surface area contributed by atoms with Gasteiger partial charge in [0.2, 0.25) is 0 Å². The van der Waals surface area contributed by atoms with Gasteiger partial charge in [-0.25, -0.2) is 9.78 Å². The number of aromatic nitrogens is 1. The Morgan fingerprint density at radius 2 is 1.96 bits per heavy atom. The predicted octanol–water partition coefficient (Wildman–Crippen LogP) is 2.18. The van der Waals surface area contributed by atoms with Gasteiger partial charge in [0.25, 0.3) is 11.8 Å². The van der Waals surface area contributed by atoms with Gasteiger partial charge in [0.05, 0.1) is 4.88 Å². The van der Waals surface area contributed by atoms with E-state index >= 15 is 0 Å². The number of aryl methyl sites for hydroxylation is 1. The van der Waals surface area contributed by atoms with Gasteiger partial charge in [-0.05, 0) is 44.0 Å². The van der Waals surface area contributed by atoms with Crippen LogP contribution in [0.25, 0.3) is 0 Å². The lowest BCUT2D eigenvalue weighted by atomic mass is 10.0. The van der Waals surface area contributed by atoms with Crippen LogP contribution in [0.1, 0.15) is 48.2 Å². The highest BCUT2D eigenvalue weighted by Gasteiger charge is 2.25. The molecular weight excluding hydrogens is 354 g/mol. The zero-order valence-corrected chi connectivity index (χ0v) is 15.1. The van der Waals surface area contributed by atoms with Crippen LogP contribution < -0.4 is 5.32 Å². The maximum atomic E-state index is 12.5. The normalized spacial score (nSPS) is 14.9. The highest BCUT2D eigenvalue weighted by Crippen LogP contribution is 2.18.